The third kappa shape index (κ3) is 11.3. The van der Waals surface area contributed by atoms with Crippen LogP contribution in [-0.2, 0) is 32.0 Å². The molecule has 0 aliphatic heterocycles. The fraction of sp³-hybridized carbons (Fsp3) is 0.500. The first-order chi connectivity index (χ1) is 22.8. The number of amides is 3. The van der Waals surface area contributed by atoms with E-state index in [1.807, 2.05) is 12.1 Å². The third-order valence-electron chi connectivity index (χ3n) is 6.96. The number of aromatic nitrogens is 3. The number of alkyl carbamates (subject to hydrolysis) is 1. The highest BCUT2D eigenvalue weighted by atomic mass is 16.6. The Bertz CT molecular complexity index is 1760. The third-order valence-corrected chi connectivity index (χ3v) is 6.96. The van der Waals surface area contributed by atoms with E-state index < -0.39 is 40.9 Å². The normalized spacial score (nSPS) is 12.6. The van der Waals surface area contributed by atoms with Crippen molar-refractivity contribution in [1.82, 2.24) is 24.3 Å². The number of allylic oxidation sites excluding steroid dienone is 1. The van der Waals surface area contributed by atoms with Crippen LogP contribution in [0.5, 0.6) is 0 Å². The number of benzene rings is 1. The van der Waals surface area contributed by atoms with Gasteiger partial charge in [0, 0.05) is 20.3 Å². The van der Waals surface area contributed by atoms with Crippen LogP contribution in [0.4, 0.5) is 15.3 Å². The number of hydrogen-bond acceptors (Lipinski definition) is 8. The molecule has 0 aliphatic carbocycles. The van der Waals surface area contributed by atoms with E-state index >= 15 is 0 Å². The van der Waals surface area contributed by atoms with Crippen molar-refractivity contribution >= 4 is 40.7 Å². The van der Waals surface area contributed by atoms with Gasteiger partial charge in [0.25, 0.3) is 5.56 Å². The lowest BCUT2D eigenvalue weighted by Crippen LogP contribution is -2.46. The highest BCUT2D eigenvalue weighted by molar-refractivity contribution is 5.96. The molecule has 0 aliphatic rings. The van der Waals surface area contributed by atoms with E-state index in [2.05, 4.69) is 24.5 Å². The van der Waals surface area contributed by atoms with Gasteiger partial charge in [-0.15, -0.1) is 0 Å². The summed E-state index contributed by atoms with van der Waals surface area (Å²) >= 11 is 0. The van der Waals surface area contributed by atoms with Gasteiger partial charge in [0.2, 0.25) is 11.8 Å². The maximum Gasteiger partial charge on any atom is 0.420 e. The van der Waals surface area contributed by atoms with E-state index in [4.69, 9.17) is 14.5 Å². The van der Waals surface area contributed by atoms with Crippen LogP contribution in [0.2, 0.25) is 0 Å². The average molecular weight is 679 g/mol. The number of imidazole rings is 1. The van der Waals surface area contributed by atoms with Gasteiger partial charge < -0.3 is 29.6 Å². The van der Waals surface area contributed by atoms with E-state index in [1.54, 1.807) is 73.8 Å². The minimum absolute atomic E-state index is 0.0396. The summed E-state index contributed by atoms with van der Waals surface area (Å²) in [7, 11) is 3.24. The molecule has 0 saturated carbocycles. The van der Waals surface area contributed by atoms with Gasteiger partial charge in [0.1, 0.15) is 28.8 Å². The molecule has 3 amide bonds. The molecular weight excluding hydrogens is 628 g/mol. The summed E-state index contributed by atoms with van der Waals surface area (Å²) in [5.41, 5.74) is 0.0130. The number of fused-ring (bicyclic) bond motifs is 1. The monoisotopic (exact) mass is 678 g/mol. The van der Waals surface area contributed by atoms with Crippen LogP contribution in [0.1, 0.15) is 79.6 Å². The number of rotatable bonds is 11. The molecule has 49 heavy (non-hydrogen) atoms. The molecule has 0 bridgehead atoms. The van der Waals surface area contributed by atoms with Gasteiger partial charge in [0.05, 0.1) is 17.6 Å². The van der Waals surface area contributed by atoms with Crippen molar-refractivity contribution in [3.63, 3.8) is 0 Å². The molecule has 3 rings (SSSR count). The van der Waals surface area contributed by atoms with E-state index in [9.17, 15) is 24.0 Å². The second kappa shape index (κ2) is 16.0. The van der Waals surface area contributed by atoms with Gasteiger partial charge in [-0.05, 0) is 96.6 Å². The van der Waals surface area contributed by atoms with Crippen molar-refractivity contribution in [2.75, 3.05) is 19.4 Å². The number of carbonyl (C=O) groups is 4. The summed E-state index contributed by atoms with van der Waals surface area (Å²) in [6.45, 7) is 14.5. The van der Waals surface area contributed by atoms with Crippen molar-refractivity contribution in [3.05, 3.63) is 70.4 Å². The Balaban J connectivity index is 1.95. The Kier molecular flexibility index (Phi) is 12.6. The summed E-state index contributed by atoms with van der Waals surface area (Å²) in [6, 6.07) is 7.59. The molecule has 13 nitrogen and oxygen atoms in total. The average Bonchev–Trinajstić information content (AvgIpc) is 3.33. The number of ether oxygens (including phenoxy) is 2. The minimum atomic E-state index is -1.09. The molecule has 266 valence electrons. The van der Waals surface area contributed by atoms with Crippen LogP contribution in [-0.4, -0.2) is 74.4 Å². The highest BCUT2D eigenvalue weighted by Gasteiger charge is 2.27. The Morgan fingerprint density at radius 1 is 0.980 bits per heavy atom. The largest absolute Gasteiger partial charge is 0.444 e. The number of hydrogen-bond donors (Lipinski definition) is 2. The van der Waals surface area contributed by atoms with Gasteiger partial charge in [-0.25, -0.2) is 19.1 Å². The van der Waals surface area contributed by atoms with Crippen molar-refractivity contribution in [3.8, 4) is 0 Å². The van der Waals surface area contributed by atoms with E-state index in [0.717, 1.165) is 12.0 Å². The number of nitrogens with zero attached hydrogens (tertiary/aromatic N) is 4. The maximum atomic E-state index is 13.7. The number of para-hydroxylation sites is 1. The van der Waals surface area contributed by atoms with Crippen LogP contribution < -0.4 is 16.2 Å². The van der Waals surface area contributed by atoms with Crippen LogP contribution in [0, 0.1) is 5.92 Å². The maximum absolute atomic E-state index is 13.7. The second-order valence-electron chi connectivity index (χ2n) is 14.5. The van der Waals surface area contributed by atoms with Crippen LogP contribution in [0.25, 0.3) is 11.0 Å². The number of anilines is 1. The Morgan fingerprint density at radius 3 is 2.27 bits per heavy atom. The number of nitrogens with one attached hydrogen (secondary N) is 2. The SMILES string of the molecule is CC(C)Cc1cccc2c1nc(Cn1cccc(NC(=O)C(CC/C=C/C(=O)N(C)C)NC(=O)OC(C)(C)C)c1=O)n2C(=O)OC(C)(C)C. The van der Waals surface area contributed by atoms with Gasteiger partial charge in [0.15, 0.2) is 0 Å². The summed E-state index contributed by atoms with van der Waals surface area (Å²) in [5.74, 6) is -0.238. The molecule has 13 heteroatoms. The lowest BCUT2D eigenvalue weighted by molar-refractivity contribution is -0.123. The molecule has 1 aromatic carbocycles. The topological polar surface area (TPSA) is 154 Å². The van der Waals surface area contributed by atoms with Gasteiger partial charge >= 0.3 is 12.2 Å². The zero-order chi connectivity index (χ0) is 36.7. The van der Waals surface area contributed by atoms with Crippen LogP contribution in [0.15, 0.2) is 53.5 Å². The van der Waals surface area contributed by atoms with Crippen molar-refractivity contribution in [2.24, 2.45) is 5.92 Å². The summed E-state index contributed by atoms with van der Waals surface area (Å²) in [6.07, 6.45) is 4.26. The lowest BCUT2D eigenvalue weighted by Gasteiger charge is -2.23. The van der Waals surface area contributed by atoms with Crippen LogP contribution in [0.3, 0.4) is 0 Å². The number of carbonyl (C=O) groups excluding carboxylic acids is 4. The minimum Gasteiger partial charge on any atom is -0.444 e. The van der Waals surface area contributed by atoms with Crippen LogP contribution >= 0.6 is 0 Å². The molecule has 2 aromatic heterocycles. The first-order valence-electron chi connectivity index (χ1n) is 16.4. The Hall–Kier alpha value is -4.94. The molecular formula is C36H50N6O7. The zero-order valence-corrected chi connectivity index (χ0v) is 30.2. The van der Waals surface area contributed by atoms with E-state index in [0.29, 0.717) is 17.0 Å². The standard InChI is InChI=1S/C36H50N6O7/c1-23(2)21-24-15-13-18-27-30(24)39-28(42(27)34(47)49-36(6,7)8)22-41-20-14-17-26(32(41)45)37-31(44)25(38-33(46)48-35(3,4)5)16-11-12-19-29(43)40(9)10/h12-15,17-20,23,25H,11,16,21-22H2,1-10H3,(H,37,44)(H,38,46)/b19-12+. The second-order valence-corrected chi connectivity index (χ2v) is 14.5. The molecule has 0 radical (unpaired) electrons. The van der Waals surface area contributed by atoms with Gasteiger partial charge in [-0.1, -0.05) is 32.1 Å². The fourth-order valence-corrected chi connectivity index (χ4v) is 4.87. The molecule has 0 fully saturated rings. The van der Waals surface area contributed by atoms with Gasteiger partial charge in [-0.3, -0.25) is 14.4 Å². The summed E-state index contributed by atoms with van der Waals surface area (Å²) in [4.78, 5) is 71.4. The summed E-state index contributed by atoms with van der Waals surface area (Å²) < 4.78 is 13.8. The highest BCUT2D eigenvalue weighted by Crippen LogP contribution is 2.24. The molecule has 0 saturated heterocycles. The van der Waals surface area contributed by atoms with Crippen molar-refractivity contribution < 1.29 is 28.7 Å². The van der Waals surface area contributed by atoms with Gasteiger partial charge in [-0.2, -0.15) is 0 Å². The Morgan fingerprint density at radius 2 is 1.65 bits per heavy atom. The molecule has 2 N–H and O–H groups in total. The Labute approximate surface area is 287 Å². The lowest BCUT2D eigenvalue weighted by atomic mass is 10.0. The predicted octanol–water partition coefficient (Wildman–Crippen LogP) is 5.48. The number of likely N-dealkylation sites (N-methyl/N-ethyl adjacent to an activating group) is 1. The van der Waals surface area contributed by atoms with Crippen molar-refractivity contribution in [1.29, 1.82) is 0 Å². The zero-order valence-electron chi connectivity index (χ0n) is 30.2. The van der Waals surface area contributed by atoms with Crippen molar-refractivity contribution in [2.45, 2.75) is 98.4 Å². The molecule has 2 heterocycles. The quantitative estimate of drug-likeness (QED) is 0.253. The molecule has 0 spiro atoms. The van der Waals surface area contributed by atoms with E-state index in [1.165, 1.54) is 32.4 Å². The molecule has 1 unspecified atom stereocenters. The predicted molar refractivity (Wildman–Crippen MR) is 189 cm³/mol. The molecule has 3 aromatic rings. The summed E-state index contributed by atoms with van der Waals surface area (Å²) in [5, 5.41) is 5.21. The molecule has 1 atom stereocenters. The first kappa shape index (κ1) is 38.5. The van der Waals surface area contributed by atoms with E-state index in [-0.39, 0.29) is 36.8 Å². The number of pyridine rings is 1. The fourth-order valence-electron chi connectivity index (χ4n) is 4.87. The smallest absolute Gasteiger partial charge is 0.420 e. The first-order valence-corrected chi connectivity index (χ1v) is 16.4.